The lowest BCUT2D eigenvalue weighted by atomic mass is 9.41. The van der Waals surface area contributed by atoms with Crippen molar-refractivity contribution in [2.45, 2.75) is 200 Å². The van der Waals surface area contributed by atoms with E-state index in [9.17, 15) is 76.3 Å². The first-order chi connectivity index (χ1) is 31.1. The summed E-state index contributed by atoms with van der Waals surface area (Å²) >= 11 is 0. The summed E-state index contributed by atoms with van der Waals surface area (Å²) in [4.78, 5) is 14.3. The van der Waals surface area contributed by atoms with E-state index in [2.05, 4.69) is 13.5 Å². The van der Waals surface area contributed by atoms with E-state index in [-0.39, 0.29) is 11.8 Å². The minimum absolute atomic E-state index is 0.0215. The smallest absolute Gasteiger partial charge is 0.314 e. The molecule has 23 nitrogen and oxygen atoms in total. The van der Waals surface area contributed by atoms with Crippen LogP contribution in [-0.2, 0) is 42.7 Å². The third-order valence-corrected chi connectivity index (χ3v) is 16.8. The lowest BCUT2D eigenvalue weighted by molar-refractivity contribution is -0.408. The van der Waals surface area contributed by atoms with E-state index in [1.165, 1.54) is 0 Å². The summed E-state index contributed by atoms with van der Waals surface area (Å²) < 4.78 is 47.6. The Bertz CT molecular complexity index is 1740. The average molecular weight is 953 g/mol. The van der Waals surface area contributed by atoms with Gasteiger partial charge in [-0.25, -0.2) is 0 Å². The maximum atomic E-state index is 14.3. The molecule has 4 saturated heterocycles. The van der Waals surface area contributed by atoms with Crippen molar-refractivity contribution < 1.29 is 114 Å². The number of ether oxygens (including phenoxy) is 8. The van der Waals surface area contributed by atoms with Gasteiger partial charge in [-0.2, -0.15) is 0 Å². The van der Waals surface area contributed by atoms with E-state index in [0.29, 0.717) is 56.9 Å². The molecule has 4 aliphatic carbocycles. The number of aliphatic hydroxyl groups excluding tert-OH is 14. The van der Waals surface area contributed by atoms with Gasteiger partial charge in [-0.15, -0.1) is 0 Å². The molecule has 8 aliphatic rings. The van der Waals surface area contributed by atoms with E-state index in [0.717, 1.165) is 6.42 Å². The fraction of sp³-hybridized carbons (Fsp3) is 0.930. The second-order valence-corrected chi connectivity index (χ2v) is 20.5. The maximum absolute atomic E-state index is 14.3. The van der Waals surface area contributed by atoms with Crippen molar-refractivity contribution in [1.29, 1.82) is 0 Å². The highest BCUT2D eigenvalue weighted by molar-refractivity contribution is 5.77. The lowest BCUT2D eigenvalue weighted by Gasteiger charge is -2.64. The first-order valence-electron chi connectivity index (χ1n) is 22.9. The Kier molecular flexibility index (Phi) is 14.5. The van der Waals surface area contributed by atoms with E-state index in [1.807, 2.05) is 6.92 Å². The summed E-state index contributed by atoms with van der Waals surface area (Å²) in [6.07, 6.45) is -30.3. The highest BCUT2D eigenvalue weighted by Gasteiger charge is 2.70. The largest absolute Gasteiger partial charge is 0.432 e. The van der Waals surface area contributed by atoms with E-state index < -0.39 is 171 Å². The third-order valence-electron chi connectivity index (χ3n) is 16.8. The SMILES string of the molecule is C=C1C[C@@]23CC[C@H]4[C@@](C)(CCC[C@@]4(C)C(=O)O[C@@H]4OC(CO)[C@@H](O)C(O)C4O)[C@@H]2CC[C@]1(OC1O[C@H](CO)C(O)C(OC2O[C@H](CO)C(O)C(O)[C@H]2O)[C@H]1O[C@@H]1OC(O)[C@@H](O)C(O)C1O)C3. The summed E-state index contributed by atoms with van der Waals surface area (Å²) in [5.41, 5.74) is -2.35. The molecule has 8 fully saturated rings. The number of hydrogen-bond acceptors (Lipinski definition) is 23. The molecule has 0 amide bonds. The number of esters is 1. The van der Waals surface area contributed by atoms with Gasteiger partial charge < -0.3 is 109 Å². The first-order valence-corrected chi connectivity index (χ1v) is 22.9. The Morgan fingerprint density at radius 1 is 0.591 bits per heavy atom. The molecule has 2 bridgehead atoms. The van der Waals surface area contributed by atoms with Crippen molar-refractivity contribution in [3.63, 3.8) is 0 Å². The molecule has 378 valence electrons. The normalized spacial score (nSPS) is 55.2. The van der Waals surface area contributed by atoms with Crippen LogP contribution in [0.25, 0.3) is 0 Å². The Hall–Kier alpha value is -1.63. The van der Waals surface area contributed by atoms with E-state index in [4.69, 9.17) is 37.9 Å². The molecule has 0 aromatic carbocycles. The number of hydrogen-bond donors (Lipinski definition) is 14. The third kappa shape index (κ3) is 8.29. The van der Waals surface area contributed by atoms with Gasteiger partial charge in [-0.3, -0.25) is 4.79 Å². The van der Waals surface area contributed by atoms with Gasteiger partial charge in [-0.05, 0) is 86.5 Å². The van der Waals surface area contributed by atoms with Gasteiger partial charge in [0.15, 0.2) is 25.2 Å². The molecule has 0 radical (unpaired) electrons. The van der Waals surface area contributed by atoms with Crippen LogP contribution in [0.1, 0.15) is 71.6 Å². The summed E-state index contributed by atoms with van der Waals surface area (Å²) in [5, 5.41) is 147. The standard InChI is InChI=1S/C43H68O23/c1-16-11-42-9-5-20-40(2,7-4-8-41(20,3)39(58)65-36-30(55)26(51)23(48)18(13-45)60-36)21(42)6-10-43(16,15-42)66-38-33(63-37-31(56)27(52)28(53)34(57)64-37)32(24(49)19(14-46)61-38)62-35-29(54)25(50)22(47)17(12-44)59-35/h17-38,44-57H,1,4-15H2,2-3H3/t17-,18?,19-,20+,21+,22?,23-,24?,25?,26?,27?,28+,29-,30?,31?,32?,33-,34?,35?,36+,37-,38?,40-,41-,42-,43+/m1/s1. The maximum Gasteiger partial charge on any atom is 0.314 e. The molecule has 66 heavy (non-hydrogen) atoms. The first kappa shape index (κ1) is 50.7. The molecule has 0 aromatic heterocycles. The van der Waals surface area contributed by atoms with Crippen LogP contribution in [0.15, 0.2) is 12.2 Å². The predicted octanol–water partition coefficient (Wildman–Crippen LogP) is -5.16. The molecule has 14 N–H and O–H groups in total. The summed E-state index contributed by atoms with van der Waals surface area (Å²) in [6, 6.07) is 0. The van der Waals surface area contributed by atoms with Crippen molar-refractivity contribution in [3.8, 4) is 0 Å². The van der Waals surface area contributed by atoms with Crippen molar-refractivity contribution in [3.05, 3.63) is 12.2 Å². The number of carbonyl (C=O) groups is 1. The Morgan fingerprint density at radius 3 is 1.73 bits per heavy atom. The van der Waals surface area contributed by atoms with Gasteiger partial charge in [-0.1, -0.05) is 19.9 Å². The summed E-state index contributed by atoms with van der Waals surface area (Å²) in [7, 11) is 0. The molecule has 4 saturated carbocycles. The molecule has 4 aliphatic heterocycles. The van der Waals surface area contributed by atoms with Gasteiger partial charge in [0, 0.05) is 0 Å². The average Bonchev–Trinajstić information content (AvgIpc) is 3.48. The molecular weight excluding hydrogens is 884 g/mol. The van der Waals surface area contributed by atoms with Crippen molar-refractivity contribution in [2.24, 2.45) is 28.1 Å². The number of aliphatic hydroxyl groups is 14. The van der Waals surface area contributed by atoms with Crippen LogP contribution in [0.5, 0.6) is 0 Å². The van der Waals surface area contributed by atoms with Crippen LogP contribution in [0, 0.1) is 28.1 Å². The molecular formula is C43H68O23. The van der Waals surface area contributed by atoms with Crippen LogP contribution >= 0.6 is 0 Å². The summed E-state index contributed by atoms with van der Waals surface area (Å²) in [6.45, 7) is 6.18. The van der Waals surface area contributed by atoms with Crippen LogP contribution in [0.4, 0.5) is 0 Å². The summed E-state index contributed by atoms with van der Waals surface area (Å²) in [5.74, 6) is -0.814. The van der Waals surface area contributed by atoms with E-state index >= 15 is 0 Å². The topological polar surface area (TPSA) is 374 Å². The fourth-order valence-electron chi connectivity index (χ4n) is 13.3. The second kappa shape index (κ2) is 18.8. The Labute approximate surface area is 380 Å². The van der Waals surface area contributed by atoms with Crippen LogP contribution in [0.2, 0.25) is 0 Å². The van der Waals surface area contributed by atoms with Crippen LogP contribution < -0.4 is 0 Å². The fourth-order valence-corrected chi connectivity index (χ4v) is 13.3. The number of rotatable bonds is 11. The van der Waals surface area contributed by atoms with Gasteiger partial charge in [0.05, 0.1) is 30.8 Å². The van der Waals surface area contributed by atoms with Crippen LogP contribution in [0.3, 0.4) is 0 Å². The molecule has 4 heterocycles. The minimum atomic E-state index is -2.06. The molecule has 12 unspecified atom stereocenters. The lowest BCUT2D eigenvalue weighted by Crippen LogP contribution is -2.68. The molecule has 23 heteroatoms. The van der Waals surface area contributed by atoms with Crippen molar-refractivity contribution >= 4 is 5.97 Å². The second-order valence-electron chi connectivity index (χ2n) is 20.5. The van der Waals surface area contributed by atoms with Gasteiger partial charge >= 0.3 is 5.97 Å². The molecule has 0 aromatic rings. The minimum Gasteiger partial charge on any atom is -0.432 e. The zero-order chi connectivity index (χ0) is 48.0. The van der Waals surface area contributed by atoms with Crippen molar-refractivity contribution in [1.82, 2.24) is 0 Å². The van der Waals surface area contributed by atoms with Crippen LogP contribution in [-0.4, -0.2) is 226 Å². The number of carbonyl (C=O) groups excluding carboxylic acids is 1. The highest BCUT2D eigenvalue weighted by atomic mass is 16.8. The van der Waals surface area contributed by atoms with Gasteiger partial charge in [0.1, 0.15) is 91.6 Å². The molecule has 26 atom stereocenters. The molecule has 1 spiro atoms. The predicted molar refractivity (Wildman–Crippen MR) is 214 cm³/mol. The quantitative estimate of drug-likeness (QED) is 0.0523. The molecule has 8 rings (SSSR count). The number of fused-ring (bicyclic) bond motifs is 3. The Morgan fingerprint density at radius 2 is 1.11 bits per heavy atom. The van der Waals surface area contributed by atoms with Crippen molar-refractivity contribution in [2.75, 3.05) is 19.8 Å². The van der Waals surface area contributed by atoms with Gasteiger partial charge in [0.25, 0.3) is 0 Å². The highest BCUT2D eigenvalue weighted by Crippen LogP contribution is 2.73. The Balaban J connectivity index is 1.06. The van der Waals surface area contributed by atoms with E-state index in [1.54, 1.807) is 0 Å². The van der Waals surface area contributed by atoms with Gasteiger partial charge in [0.2, 0.25) is 6.29 Å². The monoisotopic (exact) mass is 952 g/mol. The zero-order valence-corrected chi connectivity index (χ0v) is 36.8. The zero-order valence-electron chi connectivity index (χ0n) is 36.8.